The molecule has 1 aliphatic carbocycles. The summed E-state index contributed by atoms with van der Waals surface area (Å²) in [5.74, 6) is -0.588. The number of aromatic nitrogens is 1. The highest BCUT2D eigenvalue weighted by Gasteiger charge is 2.34. The second kappa shape index (κ2) is 9.90. The lowest BCUT2D eigenvalue weighted by atomic mass is 9.87. The fraction of sp³-hybridized carbons (Fsp3) is 0.609. The van der Waals surface area contributed by atoms with Crippen LogP contribution in [0.4, 0.5) is 0 Å². The Labute approximate surface area is 173 Å². The largest absolute Gasteiger partial charge is 0.461 e. The molecule has 1 atom stereocenters. The normalized spacial score (nSPS) is 15.6. The molecule has 160 valence electrons. The van der Waals surface area contributed by atoms with Crippen molar-refractivity contribution in [1.29, 1.82) is 0 Å². The smallest absolute Gasteiger partial charge is 0.355 e. The second-order valence-corrected chi connectivity index (χ2v) is 7.87. The van der Waals surface area contributed by atoms with E-state index in [1.807, 2.05) is 6.92 Å². The van der Waals surface area contributed by atoms with Crippen molar-refractivity contribution in [2.75, 3.05) is 13.2 Å². The molecule has 0 aliphatic heterocycles. The zero-order chi connectivity index (χ0) is 21.7. The maximum absolute atomic E-state index is 13.4. The summed E-state index contributed by atoms with van der Waals surface area (Å²) in [5.41, 5.74) is 2.18. The zero-order valence-electron chi connectivity index (χ0n) is 18.4. The van der Waals surface area contributed by atoms with E-state index in [0.29, 0.717) is 29.1 Å². The summed E-state index contributed by atoms with van der Waals surface area (Å²) in [6.45, 7) is 11.5. The van der Waals surface area contributed by atoms with Crippen LogP contribution in [-0.2, 0) is 16.6 Å². The molecule has 0 spiro atoms. The molecule has 6 nitrogen and oxygen atoms in total. The molecule has 1 aromatic heterocycles. The number of esters is 1. The highest BCUT2D eigenvalue weighted by Crippen LogP contribution is 2.28. The van der Waals surface area contributed by atoms with Crippen LogP contribution in [0.1, 0.15) is 78.1 Å². The third kappa shape index (κ3) is 4.62. The molecular formula is C23H34N2O4. The van der Waals surface area contributed by atoms with Crippen molar-refractivity contribution in [2.24, 2.45) is 13.0 Å². The minimum absolute atomic E-state index is 0.0213. The molecule has 0 radical (unpaired) electrons. The average Bonchev–Trinajstić information content (AvgIpc) is 2.94. The van der Waals surface area contributed by atoms with E-state index in [4.69, 9.17) is 4.74 Å². The van der Waals surface area contributed by atoms with Crippen LogP contribution in [0, 0.1) is 19.8 Å². The molecule has 0 aromatic carbocycles. The number of ketones is 1. The lowest BCUT2D eigenvalue weighted by Gasteiger charge is -2.32. The van der Waals surface area contributed by atoms with Gasteiger partial charge in [-0.05, 0) is 46.1 Å². The summed E-state index contributed by atoms with van der Waals surface area (Å²) in [5, 5.41) is 0. The van der Waals surface area contributed by atoms with Crippen LogP contribution in [0.3, 0.4) is 0 Å². The number of amides is 1. The van der Waals surface area contributed by atoms with Crippen molar-refractivity contribution in [3.63, 3.8) is 0 Å². The van der Waals surface area contributed by atoms with E-state index in [1.165, 1.54) is 6.42 Å². The van der Waals surface area contributed by atoms with Crippen LogP contribution in [0.15, 0.2) is 12.7 Å². The molecule has 0 unspecified atom stereocenters. The molecular weight excluding hydrogens is 368 g/mol. The first kappa shape index (κ1) is 22.9. The first-order chi connectivity index (χ1) is 13.8. The SMILES string of the molecule is C=CCN(C(=O)C1CCCCC1)[C@@H](C)C(=O)c1c(C)c(C(=O)OCC)n(C)c1C. The minimum atomic E-state index is -0.628. The quantitative estimate of drug-likeness (QED) is 0.375. The van der Waals surface area contributed by atoms with Gasteiger partial charge in [-0.15, -0.1) is 6.58 Å². The molecule has 2 rings (SSSR count). The standard InChI is InChI=1S/C23H34N2O4/c1-7-14-25(22(27)18-12-10-9-11-13-18)17(5)21(26)19-15(3)20(23(28)29-8-2)24(6)16(19)4/h7,17-18H,1,8-14H2,2-6H3/t17-/m0/s1. The summed E-state index contributed by atoms with van der Waals surface area (Å²) in [4.78, 5) is 40.6. The predicted octanol–water partition coefficient (Wildman–Crippen LogP) is 3.98. The van der Waals surface area contributed by atoms with Crippen molar-refractivity contribution in [3.8, 4) is 0 Å². The molecule has 1 amide bonds. The maximum Gasteiger partial charge on any atom is 0.355 e. The van der Waals surface area contributed by atoms with E-state index >= 15 is 0 Å². The highest BCUT2D eigenvalue weighted by atomic mass is 16.5. The number of nitrogens with zero attached hydrogens (tertiary/aromatic N) is 2. The van der Waals surface area contributed by atoms with Gasteiger partial charge in [0.25, 0.3) is 0 Å². The molecule has 1 fully saturated rings. The van der Waals surface area contributed by atoms with Crippen LogP contribution in [0.5, 0.6) is 0 Å². The minimum Gasteiger partial charge on any atom is -0.461 e. The van der Waals surface area contributed by atoms with Gasteiger partial charge < -0.3 is 14.2 Å². The van der Waals surface area contributed by atoms with Gasteiger partial charge in [-0.25, -0.2) is 4.79 Å². The van der Waals surface area contributed by atoms with Crippen molar-refractivity contribution < 1.29 is 19.1 Å². The average molecular weight is 403 g/mol. The van der Waals surface area contributed by atoms with Gasteiger partial charge in [0.15, 0.2) is 5.78 Å². The van der Waals surface area contributed by atoms with E-state index in [1.54, 1.807) is 43.4 Å². The van der Waals surface area contributed by atoms with Gasteiger partial charge in [0.1, 0.15) is 5.69 Å². The number of carbonyl (C=O) groups excluding carboxylic acids is 3. The van der Waals surface area contributed by atoms with E-state index in [2.05, 4.69) is 6.58 Å². The van der Waals surface area contributed by atoms with Gasteiger partial charge in [-0.2, -0.15) is 0 Å². The maximum atomic E-state index is 13.4. The number of Topliss-reactive ketones (excluding diaryl/α,β-unsaturated/α-hetero) is 1. The van der Waals surface area contributed by atoms with Crippen molar-refractivity contribution in [3.05, 3.63) is 35.2 Å². The van der Waals surface area contributed by atoms with E-state index in [9.17, 15) is 14.4 Å². The van der Waals surface area contributed by atoms with Crippen LogP contribution < -0.4 is 0 Å². The third-order valence-corrected chi connectivity index (χ3v) is 6.06. The Morgan fingerprint density at radius 1 is 1.24 bits per heavy atom. The van der Waals surface area contributed by atoms with E-state index < -0.39 is 12.0 Å². The summed E-state index contributed by atoms with van der Waals surface area (Å²) in [6.07, 6.45) is 6.70. The van der Waals surface area contributed by atoms with Crippen molar-refractivity contribution in [2.45, 2.75) is 65.8 Å². The Kier molecular flexibility index (Phi) is 7.82. The van der Waals surface area contributed by atoms with Crippen LogP contribution >= 0.6 is 0 Å². The van der Waals surface area contributed by atoms with E-state index in [0.717, 1.165) is 25.7 Å². The number of rotatable bonds is 8. The monoisotopic (exact) mass is 402 g/mol. The zero-order valence-corrected chi connectivity index (χ0v) is 18.4. The molecule has 0 bridgehead atoms. The van der Waals surface area contributed by atoms with Gasteiger partial charge >= 0.3 is 5.97 Å². The van der Waals surface area contributed by atoms with Crippen molar-refractivity contribution >= 4 is 17.7 Å². The summed E-state index contributed by atoms with van der Waals surface area (Å²) >= 11 is 0. The first-order valence-electron chi connectivity index (χ1n) is 10.5. The number of hydrogen-bond acceptors (Lipinski definition) is 4. The van der Waals surface area contributed by atoms with Gasteiger partial charge in [-0.3, -0.25) is 9.59 Å². The first-order valence-corrected chi connectivity index (χ1v) is 10.5. The molecule has 6 heteroatoms. The highest BCUT2D eigenvalue weighted by molar-refractivity contribution is 6.06. The molecule has 0 saturated heterocycles. The molecule has 1 heterocycles. The molecule has 29 heavy (non-hydrogen) atoms. The topological polar surface area (TPSA) is 68.6 Å². The van der Waals surface area contributed by atoms with E-state index in [-0.39, 0.29) is 24.2 Å². The number of ether oxygens (including phenoxy) is 1. The van der Waals surface area contributed by atoms with Gasteiger partial charge in [0, 0.05) is 30.8 Å². The van der Waals surface area contributed by atoms with Gasteiger partial charge in [0.05, 0.1) is 12.6 Å². The Morgan fingerprint density at radius 3 is 2.41 bits per heavy atom. The Balaban J connectivity index is 2.35. The fourth-order valence-electron chi connectivity index (χ4n) is 4.34. The molecule has 1 aliphatic rings. The van der Waals surface area contributed by atoms with Crippen molar-refractivity contribution in [1.82, 2.24) is 9.47 Å². The predicted molar refractivity (Wildman–Crippen MR) is 113 cm³/mol. The molecule has 1 aromatic rings. The lowest BCUT2D eigenvalue weighted by Crippen LogP contribution is -2.46. The van der Waals surface area contributed by atoms with Crippen LogP contribution in [0.2, 0.25) is 0 Å². The second-order valence-electron chi connectivity index (χ2n) is 7.87. The fourth-order valence-corrected chi connectivity index (χ4v) is 4.34. The van der Waals surface area contributed by atoms with Gasteiger partial charge in [-0.1, -0.05) is 25.3 Å². The molecule has 1 saturated carbocycles. The lowest BCUT2D eigenvalue weighted by molar-refractivity contribution is -0.137. The van der Waals surface area contributed by atoms with Gasteiger partial charge in [0.2, 0.25) is 5.91 Å². The third-order valence-electron chi connectivity index (χ3n) is 6.06. The Morgan fingerprint density at radius 2 is 1.86 bits per heavy atom. The number of carbonyl (C=O) groups is 3. The summed E-state index contributed by atoms with van der Waals surface area (Å²) in [6, 6.07) is -0.628. The summed E-state index contributed by atoms with van der Waals surface area (Å²) in [7, 11) is 1.75. The number of hydrogen-bond donors (Lipinski definition) is 0. The van der Waals surface area contributed by atoms with Crippen LogP contribution in [0.25, 0.3) is 0 Å². The Hall–Kier alpha value is -2.37. The van der Waals surface area contributed by atoms with Crippen LogP contribution in [-0.4, -0.2) is 46.3 Å². The molecule has 0 N–H and O–H groups in total. The Bertz CT molecular complexity index is 787. The summed E-state index contributed by atoms with van der Waals surface area (Å²) < 4.78 is 6.86.